The van der Waals surface area contributed by atoms with Crippen LogP contribution in [-0.4, -0.2) is 18.9 Å². The molecule has 4 heteroatoms. The molecule has 0 N–H and O–H groups in total. The first-order valence-electron chi connectivity index (χ1n) is 4.40. The van der Waals surface area contributed by atoms with E-state index in [0.717, 1.165) is 7.11 Å². The Bertz CT molecular complexity index is 399. The van der Waals surface area contributed by atoms with Crippen LogP contribution in [0.3, 0.4) is 0 Å². The van der Waals surface area contributed by atoms with E-state index >= 15 is 0 Å². The van der Waals surface area contributed by atoms with Crippen LogP contribution in [0, 0.1) is 12.7 Å². The van der Waals surface area contributed by atoms with Crippen LogP contribution in [0.15, 0.2) is 18.2 Å². The van der Waals surface area contributed by atoms with Gasteiger partial charge in [0.15, 0.2) is 0 Å². The number of carbonyl (C=O) groups excluding carboxylic acids is 2. The summed E-state index contributed by atoms with van der Waals surface area (Å²) in [4.78, 5) is 22.1. The lowest BCUT2D eigenvalue weighted by molar-refractivity contribution is -0.151. The molecule has 0 aromatic heterocycles. The third-order valence-electron chi connectivity index (χ3n) is 2.07. The van der Waals surface area contributed by atoms with Crippen LogP contribution in [0.4, 0.5) is 4.39 Å². The number of esters is 1. The predicted molar refractivity (Wildman–Crippen MR) is 51.9 cm³/mol. The molecule has 0 bridgehead atoms. The molecular weight excluding hydrogens is 199 g/mol. The summed E-state index contributed by atoms with van der Waals surface area (Å²) in [5.41, 5.74) is 1.28. The Balaban J connectivity index is 2.81. The summed E-state index contributed by atoms with van der Waals surface area (Å²) in [5, 5.41) is 0. The van der Waals surface area contributed by atoms with Gasteiger partial charge in [0.1, 0.15) is 5.82 Å². The smallest absolute Gasteiger partial charge is 0.374 e. The third-order valence-corrected chi connectivity index (χ3v) is 2.07. The molecule has 0 spiro atoms. The van der Waals surface area contributed by atoms with Crippen LogP contribution in [0.2, 0.25) is 0 Å². The standard InChI is InChI=1S/C11H11FO3/c1-7-5-9(12)4-3-8(7)6-10(13)11(14)15-2/h3-5H,6H2,1-2H3. The Morgan fingerprint density at radius 1 is 1.40 bits per heavy atom. The molecule has 0 heterocycles. The average Bonchev–Trinajstić information content (AvgIpc) is 2.20. The lowest BCUT2D eigenvalue weighted by Crippen LogP contribution is -2.18. The van der Waals surface area contributed by atoms with Gasteiger partial charge in [-0.05, 0) is 30.2 Å². The first-order chi connectivity index (χ1) is 7.04. The van der Waals surface area contributed by atoms with Gasteiger partial charge in [0.2, 0.25) is 5.78 Å². The van der Waals surface area contributed by atoms with E-state index in [4.69, 9.17) is 0 Å². The number of benzene rings is 1. The van der Waals surface area contributed by atoms with Crippen molar-refractivity contribution in [1.82, 2.24) is 0 Å². The van der Waals surface area contributed by atoms with Crippen LogP contribution in [0.1, 0.15) is 11.1 Å². The summed E-state index contributed by atoms with van der Waals surface area (Å²) in [5.74, 6) is -1.87. The number of hydrogen-bond donors (Lipinski definition) is 0. The zero-order valence-electron chi connectivity index (χ0n) is 8.54. The minimum Gasteiger partial charge on any atom is -0.463 e. The van der Waals surface area contributed by atoms with E-state index in [2.05, 4.69) is 4.74 Å². The van der Waals surface area contributed by atoms with Crippen molar-refractivity contribution in [2.24, 2.45) is 0 Å². The highest BCUT2D eigenvalue weighted by Gasteiger charge is 2.15. The zero-order chi connectivity index (χ0) is 11.4. The average molecular weight is 210 g/mol. The maximum atomic E-state index is 12.7. The predicted octanol–water partition coefficient (Wildman–Crippen LogP) is 1.42. The number of methoxy groups -OCH3 is 1. The van der Waals surface area contributed by atoms with Gasteiger partial charge in [-0.15, -0.1) is 0 Å². The number of aryl methyl sites for hydroxylation is 1. The van der Waals surface area contributed by atoms with Crippen molar-refractivity contribution in [3.8, 4) is 0 Å². The summed E-state index contributed by atoms with van der Waals surface area (Å²) < 4.78 is 17.0. The fourth-order valence-electron chi connectivity index (χ4n) is 1.22. The molecule has 3 nitrogen and oxygen atoms in total. The summed E-state index contributed by atoms with van der Waals surface area (Å²) in [7, 11) is 1.15. The number of ether oxygens (including phenoxy) is 1. The van der Waals surface area contributed by atoms with Gasteiger partial charge in [0.25, 0.3) is 0 Å². The third kappa shape index (κ3) is 2.87. The van der Waals surface area contributed by atoms with Crippen molar-refractivity contribution >= 4 is 11.8 Å². The molecule has 80 valence electrons. The number of carbonyl (C=O) groups is 2. The molecule has 0 radical (unpaired) electrons. The van der Waals surface area contributed by atoms with Crippen molar-refractivity contribution in [2.75, 3.05) is 7.11 Å². The minimum absolute atomic E-state index is 0.0568. The van der Waals surface area contributed by atoms with Crippen LogP contribution in [0.25, 0.3) is 0 Å². The number of halogens is 1. The molecule has 0 aliphatic carbocycles. The second-order valence-electron chi connectivity index (χ2n) is 3.16. The van der Waals surface area contributed by atoms with E-state index in [-0.39, 0.29) is 12.2 Å². The van der Waals surface area contributed by atoms with E-state index in [1.54, 1.807) is 6.92 Å². The fourth-order valence-corrected chi connectivity index (χ4v) is 1.22. The van der Waals surface area contributed by atoms with Gasteiger partial charge in [0.05, 0.1) is 7.11 Å². The molecule has 0 fully saturated rings. The number of rotatable bonds is 3. The minimum atomic E-state index is -0.876. The van der Waals surface area contributed by atoms with Gasteiger partial charge >= 0.3 is 5.97 Å². The molecule has 0 aliphatic rings. The first-order valence-corrected chi connectivity index (χ1v) is 4.40. The second kappa shape index (κ2) is 4.68. The number of ketones is 1. The SMILES string of the molecule is COC(=O)C(=O)Cc1ccc(F)cc1C. The van der Waals surface area contributed by atoms with Crippen molar-refractivity contribution < 1.29 is 18.7 Å². The molecule has 0 saturated heterocycles. The Morgan fingerprint density at radius 3 is 2.60 bits per heavy atom. The molecule has 1 rings (SSSR count). The van der Waals surface area contributed by atoms with Crippen LogP contribution in [0.5, 0.6) is 0 Å². The Morgan fingerprint density at radius 2 is 2.07 bits per heavy atom. The van der Waals surface area contributed by atoms with E-state index in [1.165, 1.54) is 18.2 Å². The first kappa shape index (κ1) is 11.4. The molecule has 0 atom stereocenters. The normalized spacial score (nSPS) is 9.80. The lowest BCUT2D eigenvalue weighted by atomic mass is 10.0. The van der Waals surface area contributed by atoms with Gasteiger partial charge in [-0.1, -0.05) is 6.07 Å². The topological polar surface area (TPSA) is 43.4 Å². The van der Waals surface area contributed by atoms with Crippen LogP contribution < -0.4 is 0 Å². The summed E-state index contributed by atoms with van der Waals surface area (Å²) >= 11 is 0. The number of hydrogen-bond acceptors (Lipinski definition) is 3. The van der Waals surface area contributed by atoms with Gasteiger partial charge < -0.3 is 4.74 Å². The molecule has 0 saturated carbocycles. The van der Waals surface area contributed by atoms with E-state index in [9.17, 15) is 14.0 Å². The zero-order valence-corrected chi connectivity index (χ0v) is 8.54. The second-order valence-corrected chi connectivity index (χ2v) is 3.16. The van der Waals surface area contributed by atoms with Gasteiger partial charge in [0, 0.05) is 6.42 Å². The fraction of sp³-hybridized carbons (Fsp3) is 0.273. The monoisotopic (exact) mass is 210 g/mol. The van der Waals surface area contributed by atoms with Crippen molar-refractivity contribution in [3.63, 3.8) is 0 Å². The van der Waals surface area contributed by atoms with Gasteiger partial charge in [-0.2, -0.15) is 0 Å². The highest BCUT2D eigenvalue weighted by molar-refractivity contribution is 6.34. The van der Waals surface area contributed by atoms with Crippen molar-refractivity contribution in [1.29, 1.82) is 0 Å². The quantitative estimate of drug-likeness (QED) is 0.559. The molecule has 0 amide bonds. The van der Waals surface area contributed by atoms with E-state index < -0.39 is 11.8 Å². The Hall–Kier alpha value is -1.71. The van der Waals surface area contributed by atoms with Crippen molar-refractivity contribution in [3.05, 3.63) is 35.1 Å². The van der Waals surface area contributed by atoms with E-state index in [0.29, 0.717) is 11.1 Å². The number of Topliss-reactive ketones (excluding diaryl/α,β-unsaturated/α-hetero) is 1. The highest BCUT2D eigenvalue weighted by Crippen LogP contribution is 2.11. The molecule has 15 heavy (non-hydrogen) atoms. The molecule has 0 aliphatic heterocycles. The molecular formula is C11H11FO3. The summed E-state index contributed by atoms with van der Waals surface area (Å²) in [6.07, 6.45) is -0.0568. The lowest BCUT2D eigenvalue weighted by Gasteiger charge is -2.03. The van der Waals surface area contributed by atoms with Gasteiger partial charge in [-0.3, -0.25) is 4.79 Å². The van der Waals surface area contributed by atoms with E-state index in [1.807, 2.05) is 0 Å². The summed E-state index contributed by atoms with van der Waals surface area (Å²) in [6.45, 7) is 1.68. The van der Waals surface area contributed by atoms with Gasteiger partial charge in [-0.25, -0.2) is 9.18 Å². The maximum absolute atomic E-state index is 12.7. The molecule has 1 aromatic carbocycles. The van der Waals surface area contributed by atoms with Crippen molar-refractivity contribution in [2.45, 2.75) is 13.3 Å². The molecule has 0 unspecified atom stereocenters. The Kier molecular flexibility index (Phi) is 3.55. The maximum Gasteiger partial charge on any atom is 0.374 e. The largest absolute Gasteiger partial charge is 0.463 e. The van der Waals surface area contributed by atoms with Crippen LogP contribution >= 0.6 is 0 Å². The molecule has 1 aromatic rings. The summed E-state index contributed by atoms with van der Waals surface area (Å²) in [6, 6.07) is 4.07. The Labute approximate surface area is 86.9 Å². The van der Waals surface area contributed by atoms with Crippen LogP contribution in [-0.2, 0) is 20.7 Å². The highest BCUT2D eigenvalue weighted by atomic mass is 19.1.